The predicted octanol–water partition coefficient (Wildman–Crippen LogP) is 1.83. The summed E-state index contributed by atoms with van der Waals surface area (Å²) in [6.45, 7) is 10.5. The third kappa shape index (κ3) is 3.39. The zero-order chi connectivity index (χ0) is 20.5. The second-order valence-electron chi connectivity index (χ2n) is 7.73. The fourth-order valence-electron chi connectivity index (χ4n) is 4.38. The largest absolute Gasteiger partial charge is 0.353 e. The van der Waals surface area contributed by atoms with Gasteiger partial charge in [-0.25, -0.2) is 0 Å². The lowest BCUT2D eigenvalue weighted by molar-refractivity contribution is -0.124. The van der Waals surface area contributed by atoms with E-state index in [4.69, 9.17) is 0 Å². The number of hydrogen-bond donors (Lipinski definition) is 1. The van der Waals surface area contributed by atoms with Gasteiger partial charge in [0.1, 0.15) is 12.2 Å². The van der Waals surface area contributed by atoms with E-state index in [1.54, 1.807) is 28.0 Å². The third-order valence-corrected chi connectivity index (χ3v) is 6.08. The van der Waals surface area contributed by atoms with Crippen molar-refractivity contribution in [2.45, 2.75) is 52.2 Å². The normalized spacial score (nSPS) is 22.3. The number of carbonyl (C=O) groups excluding carboxylic acids is 3. The average Bonchev–Trinajstić information content (AvgIpc) is 3.00. The molecule has 1 N–H and O–H groups in total. The monoisotopic (exact) mass is 386 g/mol. The van der Waals surface area contributed by atoms with Crippen molar-refractivity contribution < 1.29 is 14.4 Å². The van der Waals surface area contributed by atoms with Crippen LogP contribution in [-0.2, 0) is 9.59 Å². The maximum absolute atomic E-state index is 13.1. The van der Waals surface area contributed by atoms with E-state index in [0.29, 0.717) is 30.6 Å². The molecule has 7 nitrogen and oxygen atoms in total. The quantitative estimate of drug-likeness (QED) is 0.776. The molecule has 1 fully saturated rings. The molecule has 0 spiro atoms. The van der Waals surface area contributed by atoms with Gasteiger partial charge in [0.15, 0.2) is 0 Å². The number of rotatable bonds is 7. The van der Waals surface area contributed by atoms with Gasteiger partial charge in [-0.15, -0.1) is 0 Å². The molecule has 0 saturated carbocycles. The summed E-state index contributed by atoms with van der Waals surface area (Å²) in [6.07, 6.45) is 0.893. The number of nitrogens with one attached hydrogen (secondary N) is 1. The van der Waals surface area contributed by atoms with Gasteiger partial charge in [0.2, 0.25) is 11.8 Å². The van der Waals surface area contributed by atoms with Gasteiger partial charge in [0.05, 0.1) is 11.3 Å². The molecule has 0 aromatic heterocycles. The second-order valence-corrected chi connectivity index (χ2v) is 7.73. The summed E-state index contributed by atoms with van der Waals surface area (Å²) in [6, 6.07) is 7.35. The highest BCUT2D eigenvalue weighted by Crippen LogP contribution is 2.43. The molecule has 0 aliphatic carbocycles. The van der Waals surface area contributed by atoms with Crippen LogP contribution in [0.4, 0.5) is 5.69 Å². The molecular formula is C21H30N4O3. The molecule has 2 aliphatic rings. The summed E-state index contributed by atoms with van der Waals surface area (Å²) < 4.78 is 0. The van der Waals surface area contributed by atoms with Crippen molar-refractivity contribution in [2.24, 2.45) is 0 Å². The fourth-order valence-corrected chi connectivity index (χ4v) is 4.38. The Labute approximate surface area is 166 Å². The number of hydrogen-bond acceptors (Lipinski definition) is 4. The number of amides is 3. The van der Waals surface area contributed by atoms with Gasteiger partial charge in [-0.2, -0.15) is 0 Å². The van der Waals surface area contributed by atoms with Crippen LogP contribution in [0.3, 0.4) is 0 Å². The highest BCUT2D eigenvalue weighted by atomic mass is 16.2. The number of benzene rings is 1. The SMILES string of the molecule is CCN(CC)C(C)CNC(=O)CN1C(=O)c2ccccc2N2C(=O)CCC12C. The van der Waals surface area contributed by atoms with Gasteiger partial charge >= 0.3 is 0 Å². The standard InChI is InChI=1S/C21H30N4O3/c1-5-23(6-2)15(3)13-22-18(26)14-24-20(28)16-9-7-8-10-17(16)25-19(27)11-12-21(24,25)4/h7-10,15H,5-6,11-14H2,1-4H3,(H,22,26). The molecular weight excluding hydrogens is 356 g/mol. The van der Waals surface area contributed by atoms with E-state index in [-0.39, 0.29) is 30.3 Å². The number of nitrogens with zero attached hydrogens (tertiary/aromatic N) is 3. The van der Waals surface area contributed by atoms with Gasteiger partial charge in [-0.05, 0) is 45.5 Å². The molecule has 2 aliphatic heterocycles. The van der Waals surface area contributed by atoms with Gasteiger partial charge in [-0.1, -0.05) is 26.0 Å². The number of anilines is 1. The topological polar surface area (TPSA) is 73.0 Å². The summed E-state index contributed by atoms with van der Waals surface area (Å²) in [7, 11) is 0. The zero-order valence-corrected chi connectivity index (χ0v) is 17.2. The first kappa shape index (κ1) is 20.3. The van der Waals surface area contributed by atoms with Crippen LogP contribution < -0.4 is 10.2 Å². The molecule has 0 bridgehead atoms. The maximum atomic E-state index is 13.1. The van der Waals surface area contributed by atoms with Crippen molar-refractivity contribution in [3.63, 3.8) is 0 Å². The Hall–Kier alpha value is -2.41. The zero-order valence-electron chi connectivity index (χ0n) is 17.2. The van der Waals surface area contributed by atoms with E-state index in [1.807, 2.05) is 13.0 Å². The van der Waals surface area contributed by atoms with Crippen LogP contribution in [-0.4, -0.2) is 65.4 Å². The Morgan fingerprint density at radius 3 is 2.61 bits per heavy atom. The summed E-state index contributed by atoms with van der Waals surface area (Å²) in [4.78, 5) is 43.9. The number of fused-ring (bicyclic) bond motifs is 3. The first-order chi connectivity index (χ1) is 13.3. The first-order valence-corrected chi connectivity index (χ1v) is 10.1. The molecule has 3 amide bonds. The van der Waals surface area contributed by atoms with Crippen molar-refractivity contribution in [3.8, 4) is 0 Å². The van der Waals surface area contributed by atoms with E-state index in [9.17, 15) is 14.4 Å². The highest BCUT2D eigenvalue weighted by molar-refractivity contribution is 6.11. The van der Waals surface area contributed by atoms with Crippen molar-refractivity contribution >= 4 is 23.4 Å². The van der Waals surface area contributed by atoms with Crippen molar-refractivity contribution in [2.75, 3.05) is 31.1 Å². The Morgan fingerprint density at radius 2 is 1.93 bits per heavy atom. The van der Waals surface area contributed by atoms with Gasteiger partial charge < -0.3 is 10.2 Å². The molecule has 152 valence electrons. The second kappa shape index (κ2) is 7.91. The van der Waals surface area contributed by atoms with E-state index in [1.165, 1.54) is 0 Å². The highest BCUT2D eigenvalue weighted by Gasteiger charge is 2.53. The third-order valence-electron chi connectivity index (χ3n) is 6.08. The summed E-state index contributed by atoms with van der Waals surface area (Å²) in [5.41, 5.74) is 0.313. The van der Waals surface area contributed by atoms with Crippen LogP contribution in [0.25, 0.3) is 0 Å². The summed E-state index contributed by atoms with van der Waals surface area (Å²) in [5.74, 6) is -0.411. The molecule has 1 saturated heterocycles. The fraction of sp³-hybridized carbons (Fsp3) is 0.571. The van der Waals surface area contributed by atoms with Crippen molar-refractivity contribution in [1.29, 1.82) is 0 Å². The Bertz CT molecular complexity index is 777. The average molecular weight is 386 g/mol. The van der Waals surface area contributed by atoms with Crippen molar-refractivity contribution in [1.82, 2.24) is 15.1 Å². The maximum Gasteiger partial charge on any atom is 0.258 e. The summed E-state index contributed by atoms with van der Waals surface area (Å²) in [5, 5.41) is 2.95. The molecule has 1 aromatic rings. The first-order valence-electron chi connectivity index (χ1n) is 10.1. The van der Waals surface area contributed by atoms with E-state index in [2.05, 4.69) is 31.0 Å². The Balaban J connectivity index is 1.77. The Morgan fingerprint density at radius 1 is 1.25 bits per heavy atom. The molecule has 2 heterocycles. The molecule has 7 heteroatoms. The minimum atomic E-state index is -0.801. The van der Waals surface area contributed by atoms with Crippen LogP contribution in [0, 0.1) is 0 Å². The Kier molecular flexibility index (Phi) is 5.74. The molecule has 2 atom stereocenters. The van der Waals surface area contributed by atoms with Gasteiger partial charge in [0.25, 0.3) is 5.91 Å². The lowest BCUT2D eigenvalue weighted by atomic mass is 9.98. The lowest BCUT2D eigenvalue weighted by Crippen LogP contribution is -2.64. The predicted molar refractivity (Wildman–Crippen MR) is 108 cm³/mol. The summed E-state index contributed by atoms with van der Waals surface area (Å²) >= 11 is 0. The van der Waals surface area contributed by atoms with E-state index >= 15 is 0 Å². The number of likely N-dealkylation sites (N-methyl/N-ethyl adjacent to an activating group) is 1. The lowest BCUT2D eigenvalue weighted by Gasteiger charge is -2.48. The van der Waals surface area contributed by atoms with Gasteiger partial charge in [0, 0.05) is 19.0 Å². The van der Waals surface area contributed by atoms with Crippen LogP contribution >= 0.6 is 0 Å². The molecule has 2 unspecified atom stereocenters. The van der Waals surface area contributed by atoms with Crippen LogP contribution in [0.1, 0.15) is 50.9 Å². The van der Waals surface area contributed by atoms with Crippen LogP contribution in [0.2, 0.25) is 0 Å². The minimum Gasteiger partial charge on any atom is -0.353 e. The van der Waals surface area contributed by atoms with Gasteiger partial charge in [-0.3, -0.25) is 24.2 Å². The van der Waals surface area contributed by atoms with E-state index in [0.717, 1.165) is 13.1 Å². The number of carbonyl (C=O) groups is 3. The minimum absolute atomic E-state index is 0.0111. The number of para-hydroxylation sites is 1. The smallest absolute Gasteiger partial charge is 0.258 e. The molecule has 28 heavy (non-hydrogen) atoms. The molecule has 0 radical (unpaired) electrons. The molecule has 1 aromatic carbocycles. The van der Waals surface area contributed by atoms with Crippen molar-refractivity contribution in [3.05, 3.63) is 29.8 Å². The van der Waals surface area contributed by atoms with Crippen LogP contribution in [0.5, 0.6) is 0 Å². The van der Waals surface area contributed by atoms with E-state index < -0.39 is 5.66 Å². The van der Waals surface area contributed by atoms with Crippen LogP contribution in [0.15, 0.2) is 24.3 Å². The molecule has 3 rings (SSSR count).